The van der Waals surface area contributed by atoms with Crippen LogP contribution in [-0.4, -0.2) is 24.1 Å². The first-order valence-electron chi connectivity index (χ1n) is 5.31. The smallest absolute Gasteiger partial charge is 0.329 e. The van der Waals surface area contributed by atoms with Crippen molar-refractivity contribution in [2.24, 2.45) is 5.10 Å². The lowest BCUT2D eigenvalue weighted by atomic mass is 10.2. The Balaban J connectivity index is 2.36. The van der Waals surface area contributed by atoms with Crippen LogP contribution in [0.3, 0.4) is 0 Å². The van der Waals surface area contributed by atoms with Gasteiger partial charge in [-0.15, -0.1) is 0 Å². The molecule has 0 fully saturated rings. The Morgan fingerprint density at radius 1 is 1.53 bits per heavy atom. The predicted molar refractivity (Wildman–Crippen MR) is 62.3 cm³/mol. The number of carbonyl (C=O) groups excluding carboxylic acids is 2. The minimum absolute atomic E-state index is 0.0395. The van der Waals surface area contributed by atoms with Crippen LogP contribution in [0.15, 0.2) is 27.9 Å². The summed E-state index contributed by atoms with van der Waals surface area (Å²) in [5, 5.41) is 6.11. The molecule has 92 valence electrons. The van der Waals surface area contributed by atoms with E-state index in [0.717, 1.165) is 6.42 Å². The zero-order valence-corrected chi connectivity index (χ0v) is 9.77. The first-order chi connectivity index (χ1) is 8.13. The Morgan fingerprint density at radius 2 is 2.29 bits per heavy atom. The summed E-state index contributed by atoms with van der Waals surface area (Å²) in [6.45, 7) is 3.73. The summed E-state index contributed by atoms with van der Waals surface area (Å²) in [6, 6.07) is 3.33. The second kappa shape index (κ2) is 6.47. The van der Waals surface area contributed by atoms with E-state index in [9.17, 15) is 9.59 Å². The molecule has 0 saturated carbocycles. The second-order valence-electron chi connectivity index (χ2n) is 3.50. The molecule has 2 N–H and O–H groups in total. The van der Waals surface area contributed by atoms with Gasteiger partial charge in [0, 0.05) is 6.04 Å². The van der Waals surface area contributed by atoms with E-state index < -0.39 is 11.8 Å². The van der Waals surface area contributed by atoms with Gasteiger partial charge in [0.1, 0.15) is 5.76 Å². The second-order valence-corrected chi connectivity index (χ2v) is 3.50. The highest BCUT2D eigenvalue weighted by molar-refractivity contribution is 6.35. The minimum atomic E-state index is -0.798. The Morgan fingerprint density at radius 3 is 2.88 bits per heavy atom. The van der Waals surface area contributed by atoms with Gasteiger partial charge in [-0.25, -0.2) is 5.43 Å². The molecule has 6 nitrogen and oxygen atoms in total. The molecule has 1 aromatic heterocycles. The van der Waals surface area contributed by atoms with Gasteiger partial charge in [-0.1, -0.05) is 6.92 Å². The zero-order chi connectivity index (χ0) is 12.7. The first-order valence-corrected chi connectivity index (χ1v) is 5.31. The van der Waals surface area contributed by atoms with Crippen LogP contribution in [-0.2, 0) is 9.59 Å². The van der Waals surface area contributed by atoms with Crippen molar-refractivity contribution in [2.45, 2.75) is 26.3 Å². The van der Waals surface area contributed by atoms with E-state index in [-0.39, 0.29) is 6.04 Å². The summed E-state index contributed by atoms with van der Waals surface area (Å²) in [5.41, 5.74) is 2.11. The van der Waals surface area contributed by atoms with Gasteiger partial charge in [-0.05, 0) is 25.5 Å². The van der Waals surface area contributed by atoms with E-state index in [1.54, 1.807) is 12.1 Å². The van der Waals surface area contributed by atoms with Crippen LogP contribution in [0.2, 0.25) is 0 Å². The molecule has 0 aliphatic rings. The third kappa shape index (κ3) is 4.50. The third-order valence-electron chi connectivity index (χ3n) is 2.10. The van der Waals surface area contributed by atoms with Gasteiger partial charge in [-0.3, -0.25) is 9.59 Å². The fraction of sp³-hybridized carbons (Fsp3) is 0.364. The van der Waals surface area contributed by atoms with Crippen molar-refractivity contribution in [3.05, 3.63) is 24.2 Å². The maximum absolute atomic E-state index is 11.3. The molecule has 0 saturated heterocycles. The molecular weight excluding hydrogens is 222 g/mol. The number of carbonyl (C=O) groups is 2. The van der Waals surface area contributed by atoms with Crippen molar-refractivity contribution >= 4 is 18.0 Å². The Hall–Kier alpha value is -2.11. The van der Waals surface area contributed by atoms with Crippen LogP contribution >= 0.6 is 0 Å². The van der Waals surface area contributed by atoms with Crippen molar-refractivity contribution in [3.63, 3.8) is 0 Å². The molecule has 2 amide bonds. The average molecular weight is 237 g/mol. The lowest BCUT2D eigenvalue weighted by molar-refractivity contribution is -0.139. The molecule has 6 heteroatoms. The molecule has 0 spiro atoms. The topological polar surface area (TPSA) is 83.7 Å². The highest BCUT2D eigenvalue weighted by Gasteiger charge is 2.14. The normalized spacial score (nSPS) is 12.4. The molecule has 0 bridgehead atoms. The minimum Gasteiger partial charge on any atom is -0.463 e. The van der Waals surface area contributed by atoms with Crippen LogP contribution < -0.4 is 10.7 Å². The summed E-state index contributed by atoms with van der Waals surface area (Å²) in [6.07, 6.45) is 3.56. The summed E-state index contributed by atoms with van der Waals surface area (Å²) < 4.78 is 4.96. The number of nitrogens with one attached hydrogen (secondary N) is 2. The SMILES string of the molecule is CC[C@@H](C)NC(=O)C(=O)N/N=C\c1ccco1. The van der Waals surface area contributed by atoms with Crippen molar-refractivity contribution in [3.8, 4) is 0 Å². The van der Waals surface area contributed by atoms with Crippen molar-refractivity contribution in [1.29, 1.82) is 0 Å². The van der Waals surface area contributed by atoms with Gasteiger partial charge >= 0.3 is 11.8 Å². The van der Waals surface area contributed by atoms with Crippen molar-refractivity contribution in [2.75, 3.05) is 0 Å². The van der Waals surface area contributed by atoms with E-state index in [2.05, 4.69) is 15.8 Å². The largest absolute Gasteiger partial charge is 0.463 e. The van der Waals surface area contributed by atoms with Crippen LogP contribution in [0, 0.1) is 0 Å². The average Bonchev–Trinajstić information content (AvgIpc) is 2.81. The predicted octanol–water partition coefficient (Wildman–Crippen LogP) is 0.644. The van der Waals surface area contributed by atoms with Gasteiger partial charge < -0.3 is 9.73 Å². The lowest BCUT2D eigenvalue weighted by Crippen LogP contribution is -2.41. The Kier molecular flexibility index (Phi) is 4.93. The van der Waals surface area contributed by atoms with Gasteiger partial charge in [0.2, 0.25) is 0 Å². The van der Waals surface area contributed by atoms with E-state index in [0.29, 0.717) is 5.76 Å². The molecule has 1 rings (SSSR count). The highest BCUT2D eigenvalue weighted by atomic mass is 16.3. The van der Waals surface area contributed by atoms with Gasteiger partial charge in [0.15, 0.2) is 0 Å². The van der Waals surface area contributed by atoms with Gasteiger partial charge in [-0.2, -0.15) is 5.10 Å². The molecule has 0 unspecified atom stereocenters. The summed E-state index contributed by atoms with van der Waals surface area (Å²) in [7, 11) is 0. The van der Waals surface area contributed by atoms with Gasteiger partial charge in [0.25, 0.3) is 0 Å². The van der Waals surface area contributed by atoms with Crippen LogP contribution in [0.25, 0.3) is 0 Å². The number of hydrogen-bond donors (Lipinski definition) is 2. The molecular formula is C11H15N3O3. The first kappa shape index (κ1) is 13.0. The van der Waals surface area contributed by atoms with E-state index >= 15 is 0 Å². The molecule has 1 atom stereocenters. The molecule has 1 heterocycles. The maximum atomic E-state index is 11.3. The lowest BCUT2D eigenvalue weighted by Gasteiger charge is -2.09. The molecule has 1 aromatic rings. The zero-order valence-electron chi connectivity index (χ0n) is 9.77. The van der Waals surface area contributed by atoms with Crippen LogP contribution in [0.5, 0.6) is 0 Å². The number of rotatable bonds is 4. The third-order valence-corrected chi connectivity index (χ3v) is 2.10. The van der Waals surface area contributed by atoms with Crippen molar-refractivity contribution < 1.29 is 14.0 Å². The number of hydrazone groups is 1. The van der Waals surface area contributed by atoms with Crippen LogP contribution in [0.1, 0.15) is 26.0 Å². The van der Waals surface area contributed by atoms with E-state index in [1.807, 2.05) is 13.8 Å². The fourth-order valence-electron chi connectivity index (χ4n) is 0.961. The van der Waals surface area contributed by atoms with Crippen LogP contribution in [0.4, 0.5) is 0 Å². The summed E-state index contributed by atoms with van der Waals surface area (Å²) in [5.74, 6) is -1.00. The maximum Gasteiger partial charge on any atom is 0.329 e. The number of nitrogens with zero attached hydrogens (tertiary/aromatic N) is 1. The van der Waals surface area contributed by atoms with Crippen molar-refractivity contribution in [1.82, 2.24) is 10.7 Å². The highest BCUT2D eigenvalue weighted by Crippen LogP contribution is 1.94. The molecule has 17 heavy (non-hydrogen) atoms. The molecule has 0 aliphatic carbocycles. The molecule has 0 radical (unpaired) electrons. The quantitative estimate of drug-likeness (QED) is 0.458. The molecule has 0 aromatic carbocycles. The fourth-order valence-corrected chi connectivity index (χ4v) is 0.961. The Bertz CT molecular complexity index is 398. The van der Waals surface area contributed by atoms with E-state index in [1.165, 1.54) is 12.5 Å². The number of furan rings is 1. The number of hydrogen-bond acceptors (Lipinski definition) is 4. The summed E-state index contributed by atoms with van der Waals surface area (Å²) >= 11 is 0. The monoisotopic (exact) mass is 237 g/mol. The van der Waals surface area contributed by atoms with E-state index in [4.69, 9.17) is 4.42 Å². The summed E-state index contributed by atoms with van der Waals surface area (Å²) in [4.78, 5) is 22.5. The Labute approximate surface area is 99.1 Å². The number of amides is 2. The molecule has 0 aliphatic heterocycles. The van der Waals surface area contributed by atoms with Gasteiger partial charge in [0.05, 0.1) is 12.5 Å². The standard InChI is InChI=1S/C11H15N3O3/c1-3-8(2)13-10(15)11(16)14-12-7-9-5-4-6-17-9/h4-8H,3H2,1-2H3,(H,13,15)(H,14,16)/b12-7-/t8-/m1/s1.